The number of carbonyl (C=O) groups excluding carboxylic acids is 1. The molecule has 5 nitrogen and oxygen atoms in total. The summed E-state index contributed by atoms with van der Waals surface area (Å²) in [5.41, 5.74) is -0.000486. The van der Waals surface area contributed by atoms with Crippen molar-refractivity contribution in [1.29, 1.82) is 0 Å². The summed E-state index contributed by atoms with van der Waals surface area (Å²) in [7, 11) is 2.73. The molecule has 0 aliphatic heterocycles. The van der Waals surface area contributed by atoms with E-state index < -0.39 is 14.7 Å². The molecule has 0 bridgehead atoms. The first kappa shape index (κ1) is 16.4. The Morgan fingerprint density at radius 1 is 1.24 bits per heavy atom. The highest BCUT2D eigenvalue weighted by molar-refractivity contribution is 6.65. The molecule has 1 amide bonds. The van der Waals surface area contributed by atoms with Gasteiger partial charge in [-0.15, -0.1) is 0 Å². The Bertz CT molecular complexity index is 242. The summed E-state index contributed by atoms with van der Waals surface area (Å²) < 4.78 is 15.4. The van der Waals surface area contributed by atoms with Gasteiger partial charge in [-0.1, -0.05) is 13.8 Å². The number of hydrogen-bond acceptors (Lipinski definition) is 4. The first-order valence-electron chi connectivity index (χ1n) is 5.71. The molecule has 0 aliphatic rings. The second kappa shape index (κ2) is 6.98. The van der Waals surface area contributed by atoms with Crippen LogP contribution in [0.15, 0.2) is 0 Å². The number of carbonyl (C=O) groups is 1. The fourth-order valence-electron chi connectivity index (χ4n) is 1.32. The number of hydrogen-bond donors (Lipinski definition) is 1. The molecule has 0 unspecified atom stereocenters. The molecule has 0 saturated heterocycles. The number of methoxy groups -OCH3 is 1. The lowest BCUT2D eigenvalue weighted by atomic mass is 9.90. The summed E-state index contributed by atoms with van der Waals surface area (Å²) >= 11 is 0. The number of ether oxygens (including phenoxy) is 1. The molecule has 0 rings (SSSR count). The van der Waals surface area contributed by atoms with Crippen LogP contribution in [0, 0.1) is 5.41 Å². The molecule has 17 heavy (non-hydrogen) atoms. The van der Waals surface area contributed by atoms with Crippen molar-refractivity contribution in [3.05, 3.63) is 0 Å². The van der Waals surface area contributed by atoms with E-state index in [2.05, 4.69) is 23.9 Å². The van der Waals surface area contributed by atoms with E-state index in [4.69, 9.17) is 8.85 Å². The zero-order valence-corrected chi connectivity index (χ0v) is 12.8. The molecule has 0 fully saturated rings. The first-order chi connectivity index (χ1) is 7.78. The van der Waals surface area contributed by atoms with Crippen LogP contribution in [0.4, 0.5) is 4.79 Å². The van der Waals surface area contributed by atoms with Crippen molar-refractivity contribution in [1.82, 2.24) is 5.32 Å². The number of nitrogens with one attached hydrogen (secondary N) is 1. The fraction of sp³-hybridized carbons (Fsp3) is 0.909. The lowest BCUT2D eigenvalue weighted by Gasteiger charge is -2.29. The lowest BCUT2D eigenvalue weighted by molar-refractivity contribution is 0.164. The smallest absolute Gasteiger partial charge is 0.406 e. The normalized spacial score (nSPS) is 12.4. The monoisotopic (exact) mass is 263 g/mol. The van der Waals surface area contributed by atoms with Crippen LogP contribution < -0.4 is 5.32 Å². The van der Waals surface area contributed by atoms with Gasteiger partial charge in [-0.05, 0) is 24.4 Å². The molecule has 0 saturated carbocycles. The minimum absolute atomic E-state index is 0.000486. The maximum absolute atomic E-state index is 11.0. The van der Waals surface area contributed by atoms with Crippen LogP contribution >= 0.6 is 0 Å². The quantitative estimate of drug-likeness (QED) is 0.715. The van der Waals surface area contributed by atoms with E-state index in [1.807, 2.05) is 6.55 Å². The second-order valence-corrected chi connectivity index (χ2v) is 8.64. The van der Waals surface area contributed by atoms with Gasteiger partial charge in [0.1, 0.15) is 0 Å². The van der Waals surface area contributed by atoms with Gasteiger partial charge in [-0.25, -0.2) is 4.79 Å². The van der Waals surface area contributed by atoms with Crippen LogP contribution in [-0.4, -0.2) is 42.5 Å². The molecule has 0 aromatic rings. The fourth-order valence-corrected chi connectivity index (χ4v) is 3.03. The molecular weight excluding hydrogens is 238 g/mol. The molecule has 102 valence electrons. The van der Waals surface area contributed by atoms with E-state index in [0.717, 1.165) is 12.5 Å². The van der Waals surface area contributed by atoms with Crippen LogP contribution in [0.3, 0.4) is 0 Å². The predicted octanol–water partition coefficient (Wildman–Crippen LogP) is 2.12. The average molecular weight is 263 g/mol. The minimum Gasteiger partial charge on any atom is -0.453 e. The molecule has 0 aromatic carbocycles. The molecule has 0 atom stereocenters. The number of alkyl carbamates (subject to hydrolysis) is 1. The van der Waals surface area contributed by atoms with Crippen LogP contribution in [-0.2, 0) is 13.6 Å². The van der Waals surface area contributed by atoms with Gasteiger partial charge in [0.25, 0.3) is 0 Å². The predicted molar refractivity (Wildman–Crippen MR) is 69.2 cm³/mol. The van der Waals surface area contributed by atoms with Crippen LogP contribution in [0.25, 0.3) is 0 Å². The van der Waals surface area contributed by atoms with Gasteiger partial charge in [-0.3, -0.25) is 0 Å². The van der Waals surface area contributed by atoms with Crippen molar-refractivity contribution >= 4 is 14.7 Å². The highest BCUT2D eigenvalue weighted by Crippen LogP contribution is 2.26. The average Bonchev–Trinajstić information content (AvgIpc) is 2.33. The molecule has 1 N–H and O–H groups in total. The largest absolute Gasteiger partial charge is 0.453 e. The lowest BCUT2D eigenvalue weighted by Crippen LogP contribution is -2.39. The van der Waals surface area contributed by atoms with Gasteiger partial charge in [-0.2, -0.15) is 0 Å². The standard InChI is InChI=1S/C11H25NO4Si/c1-11(2,9-12-10(13)14-3)7-8-17(6,15-4)16-5/h7-9H2,1-6H3,(H,12,13). The summed E-state index contributed by atoms with van der Waals surface area (Å²) in [6, 6.07) is 0.899. The Morgan fingerprint density at radius 2 is 1.76 bits per heavy atom. The Morgan fingerprint density at radius 3 is 2.18 bits per heavy atom. The Balaban J connectivity index is 4.12. The van der Waals surface area contributed by atoms with E-state index in [1.54, 1.807) is 14.2 Å². The van der Waals surface area contributed by atoms with Gasteiger partial charge >= 0.3 is 14.7 Å². The minimum atomic E-state index is -2.02. The summed E-state index contributed by atoms with van der Waals surface area (Å²) in [4.78, 5) is 11.0. The summed E-state index contributed by atoms with van der Waals surface area (Å²) in [6.45, 7) is 6.82. The van der Waals surface area contributed by atoms with E-state index in [0.29, 0.717) is 6.54 Å². The van der Waals surface area contributed by atoms with E-state index in [-0.39, 0.29) is 5.41 Å². The zero-order valence-electron chi connectivity index (χ0n) is 11.8. The van der Waals surface area contributed by atoms with Crippen molar-refractivity contribution in [2.45, 2.75) is 32.9 Å². The van der Waals surface area contributed by atoms with Crippen molar-refractivity contribution < 1.29 is 18.4 Å². The Kier molecular flexibility index (Phi) is 6.73. The van der Waals surface area contributed by atoms with Crippen molar-refractivity contribution in [2.75, 3.05) is 27.9 Å². The van der Waals surface area contributed by atoms with E-state index >= 15 is 0 Å². The summed E-state index contributed by atoms with van der Waals surface area (Å²) in [6.07, 6.45) is 0.540. The Hall–Kier alpha value is -0.593. The van der Waals surface area contributed by atoms with Crippen LogP contribution in [0.2, 0.25) is 12.6 Å². The molecule has 0 aromatic heterocycles. The van der Waals surface area contributed by atoms with Crippen molar-refractivity contribution in [3.63, 3.8) is 0 Å². The maximum atomic E-state index is 11.0. The van der Waals surface area contributed by atoms with Gasteiger partial charge in [0, 0.05) is 20.8 Å². The third-order valence-electron chi connectivity index (χ3n) is 3.02. The van der Waals surface area contributed by atoms with Gasteiger partial charge in [0.05, 0.1) is 7.11 Å². The van der Waals surface area contributed by atoms with Gasteiger partial charge in [0.15, 0.2) is 0 Å². The van der Waals surface area contributed by atoms with E-state index in [1.165, 1.54) is 7.11 Å². The molecule has 0 aliphatic carbocycles. The highest BCUT2D eigenvalue weighted by Gasteiger charge is 2.31. The number of amides is 1. The summed E-state index contributed by atoms with van der Waals surface area (Å²) in [5.74, 6) is 0. The molecule has 0 radical (unpaired) electrons. The van der Waals surface area contributed by atoms with Gasteiger partial charge < -0.3 is 18.9 Å². The second-order valence-electron chi connectivity index (χ2n) is 5.05. The third kappa shape index (κ3) is 6.65. The van der Waals surface area contributed by atoms with Gasteiger partial charge in [0.2, 0.25) is 0 Å². The molecule has 0 heterocycles. The van der Waals surface area contributed by atoms with Crippen molar-refractivity contribution in [3.8, 4) is 0 Å². The number of rotatable bonds is 7. The highest BCUT2D eigenvalue weighted by atomic mass is 28.4. The SMILES string of the molecule is COC(=O)NCC(C)(C)CC[Si](C)(OC)OC. The van der Waals surface area contributed by atoms with Crippen LogP contribution in [0.5, 0.6) is 0 Å². The third-order valence-corrected chi connectivity index (χ3v) is 5.90. The zero-order chi connectivity index (χ0) is 13.5. The molecule has 0 spiro atoms. The Labute approximate surface area is 105 Å². The summed E-state index contributed by atoms with van der Waals surface area (Å²) in [5, 5.41) is 2.72. The van der Waals surface area contributed by atoms with Crippen LogP contribution in [0.1, 0.15) is 20.3 Å². The first-order valence-corrected chi connectivity index (χ1v) is 8.23. The molecule has 6 heteroatoms. The van der Waals surface area contributed by atoms with E-state index in [9.17, 15) is 4.79 Å². The molecular formula is C11H25NO4Si. The topological polar surface area (TPSA) is 56.8 Å². The maximum Gasteiger partial charge on any atom is 0.406 e. The van der Waals surface area contributed by atoms with Crippen molar-refractivity contribution in [2.24, 2.45) is 5.41 Å².